The highest BCUT2D eigenvalue weighted by molar-refractivity contribution is 7.21. The van der Waals surface area contributed by atoms with Crippen LogP contribution >= 0.6 is 22.7 Å². The van der Waals surface area contributed by atoms with Gasteiger partial charge in [0.1, 0.15) is 6.61 Å². The van der Waals surface area contributed by atoms with Crippen molar-refractivity contribution < 1.29 is 14.3 Å². The van der Waals surface area contributed by atoms with Crippen molar-refractivity contribution in [2.45, 2.75) is 55.3 Å². The van der Waals surface area contributed by atoms with Crippen LogP contribution in [0.2, 0.25) is 0 Å². The molecule has 3 nitrogen and oxygen atoms in total. The molecule has 0 aliphatic heterocycles. The molecule has 7 unspecified atom stereocenters. The van der Waals surface area contributed by atoms with E-state index in [0.29, 0.717) is 30.3 Å². The first-order valence-corrected chi connectivity index (χ1v) is 23.7. The molecule has 1 fully saturated rings. The molecule has 2 heterocycles. The highest BCUT2D eigenvalue weighted by Gasteiger charge is 2.64. The van der Waals surface area contributed by atoms with Crippen molar-refractivity contribution in [2.24, 2.45) is 17.8 Å². The van der Waals surface area contributed by atoms with E-state index in [1.54, 1.807) is 143 Å². The summed E-state index contributed by atoms with van der Waals surface area (Å²) in [4.78, 5) is 18.8. The minimum atomic E-state index is -0.372. The molecule has 0 amide bonds. The van der Waals surface area contributed by atoms with E-state index < -0.39 is 0 Å². The topological polar surface area (TPSA) is 35.5 Å². The van der Waals surface area contributed by atoms with Crippen molar-refractivity contribution in [3.63, 3.8) is 0 Å². The standard InChI is InChI=1S/C54H32O3S2/c1-56-6-7-57-53(55)26-17-54-16-24-14-22-12-20-10-18-9-19-11-21-13-23-15-25(51(54)37(26)29-5-4-28(59-29)27-3-2-8-58-27)38-33(23)42-35(21)40-31(19)30(18)39-34(20)41-32(22)36(24)49-47-45(41)43(39)44(40)46(42)48(47)50(38)52(49)54/h2-5,8,10-11,16-17,22-23,25,33,37,51H,6-7,9,12-15H2,1H3. The molecule has 1 saturated carbocycles. The zero-order valence-corrected chi connectivity index (χ0v) is 33.8. The summed E-state index contributed by atoms with van der Waals surface area (Å²) in [5, 5.41) is 26.5. The van der Waals surface area contributed by atoms with Gasteiger partial charge in [0.25, 0.3) is 0 Å². The molecule has 0 N–H and O–H groups in total. The number of rotatable bonds is 6. The number of carbonyl (C=O) groups excluding carboxylic acids is 1. The van der Waals surface area contributed by atoms with Crippen LogP contribution in [0.5, 0.6) is 0 Å². The summed E-state index contributed by atoms with van der Waals surface area (Å²) in [6, 6.07) is 14.5. The zero-order chi connectivity index (χ0) is 37.4. The Morgan fingerprint density at radius 2 is 1.53 bits per heavy atom. The van der Waals surface area contributed by atoms with E-state index >= 15 is 0 Å². The maximum atomic E-state index is 14.9. The van der Waals surface area contributed by atoms with E-state index in [1.165, 1.54) is 27.5 Å². The van der Waals surface area contributed by atoms with Crippen LogP contribution < -0.4 is 5.22 Å². The number of allylic oxidation sites excluding steroid dienone is 3. The lowest BCUT2D eigenvalue weighted by molar-refractivity contribution is -0.140. The Hall–Kier alpha value is -5.07. The van der Waals surface area contributed by atoms with Gasteiger partial charge in [0, 0.05) is 44.6 Å². The minimum absolute atomic E-state index is 0.0387. The average molecular weight is 793 g/mol. The summed E-state index contributed by atoms with van der Waals surface area (Å²) >= 11 is 3.73. The monoisotopic (exact) mass is 792 g/mol. The SMILES string of the molecule is COCCOC(=O)C1=CC23C=C4CC5Cc6cc7c8c9c(cc%10c%11c%12c%13c%14c(c2c2c4c5c4c6c8c(c%13c%119)c4c2%14)=C2C(CC(C%10)C2%12)C3C1c1ccc(-c2cccs2)s1)C7. The second-order valence-electron chi connectivity index (χ2n) is 20.1. The summed E-state index contributed by atoms with van der Waals surface area (Å²) in [6.45, 7) is 0.676. The molecule has 7 atom stereocenters. The van der Waals surface area contributed by atoms with Gasteiger partial charge < -0.3 is 9.47 Å². The number of ether oxygens (including phenoxy) is 2. The van der Waals surface area contributed by atoms with Gasteiger partial charge in [0.15, 0.2) is 0 Å². The van der Waals surface area contributed by atoms with Crippen LogP contribution in [0.3, 0.4) is 0 Å². The Labute approximate surface area is 344 Å². The summed E-state index contributed by atoms with van der Waals surface area (Å²) in [5.41, 5.74) is 16.9. The van der Waals surface area contributed by atoms with Crippen LogP contribution in [0, 0.1) is 17.8 Å². The highest BCUT2D eigenvalue weighted by Crippen LogP contribution is 2.75. The molecule has 2 aromatic heterocycles. The zero-order valence-electron chi connectivity index (χ0n) is 32.2. The quantitative estimate of drug-likeness (QED) is 0.0956. The van der Waals surface area contributed by atoms with Crippen molar-refractivity contribution >= 4 is 115 Å². The Morgan fingerprint density at radius 3 is 2.37 bits per heavy atom. The molecular formula is C54H32O3S2. The lowest BCUT2D eigenvalue weighted by atomic mass is 9.56. The number of benzene rings is 5. The lowest BCUT2D eigenvalue weighted by Crippen LogP contribution is -2.45. The number of esters is 1. The van der Waals surface area contributed by atoms with E-state index in [0.717, 1.165) is 24.8 Å². The van der Waals surface area contributed by atoms with E-state index in [-0.39, 0.29) is 29.8 Å². The molecule has 5 heteroatoms. The van der Waals surface area contributed by atoms with Crippen molar-refractivity contribution in [2.75, 3.05) is 20.3 Å². The third-order valence-corrected chi connectivity index (χ3v) is 20.6. The molecule has 59 heavy (non-hydrogen) atoms. The fourth-order valence-corrected chi connectivity index (χ4v) is 19.3. The molecular weight excluding hydrogens is 761 g/mol. The number of hydrogen-bond acceptors (Lipinski definition) is 5. The first-order chi connectivity index (χ1) is 29.1. The maximum Gasteiger partial charge on any atom is 0.334 e. The van der Waals surface area contributed by atoms with Crippen LogP contribution in [-0.4, -0.2) is 26.3 Å². The number of thiophene rings is 2. The third kappa shape index (κ3) is 2.60. The van der Waals surface area contributed by atoms with Crippen molar-refractivity contribution in [1.29, 1.82) is 0 Å². The molecule has 8 aromatic carbocycles. The van der Waals surface area contributed by atoms with Gasteiger partial charge in [-0.1, -0.05) is 35.9 Å². The Morgan fingerprint density at radius 1 is 0.746 bits per heavy atom. The van der Waals surface area contributed by atoms with Crippen molar-refractivity contribution in [3.05, 3.63) is 114 Å². The Kier molecular flexibility index (Phi) is 4.25. The third-order valence-electron chi connectivity index (χ3n) is 18.3. The molecule has 0 radical (unpaired) electrons. The maximum absolute atomic E-state index is 14.9. The van der Waals surface area contributed by atoms with Crippen LogP contribution in [0.25, 0.3) is 96.3 Å². The normalized spacial score (nSPS) is 28.9. The van der Waals surface area contributed by atoms with Gasteiger partial charge >= 0.3 is 5.97 Å². The van der Waals surface area contributed by atoms with Crippen molar-refractivity contribution in [1.82, 2.24) is 0 Å². The van der Waals surface area contributed by atoms with Gasteiger partial charge in [-0.15, -0.1) is 22.7 Å². The molecule has 0 saturated heterocycles. The molecule has 278 valence electrons. The molecule has 0 bridgehead atoms. The fourth-order valence-electron chi connectivity index (χ4n) is 17.3. The number of carbonyl (C=O) groups is 1. The smallest absolute Gasteiger partial charge is 0.334 e. The van der Waals surface area contributed by atoms with E-state index in [9.17, 15) is 4.79 Å². The first-order valence-electron chi connectivity index (χ1n) is 22.0. The largest absolute Gasteiger partial charge is 0.460 e. The molecule has 9 aliphatic carbocycles. The van der Waals surface area contributed by atoms with Crippen LogP contribution in [0.15, 0.2) is 59.5 Å². The predicted octanol–water partition coefficient (Wildman–Crippen LogP) is 11.6. The van der Waals surface area contributed by atoms with Crippen LogP contribution in [-0.2, 0) is 38.9 Å². The summed E-state index contributed by atoms with van der Waals surface area (Å²) < 4.78 is 11.6. The molecule has 9 aliphatic rings. The number of methoxy groups -OCH3 is 1. The van der Waals surface area contributed by atoms with E-state index in [2.05, 4.69) is 53.9 Å². The molecule has 10 aromatic rings. The predicted molar refractivity (Wildman–Crippen MR) is 239 cm³/mol. The second-order valence-corrected chi connectivity index (χ2v) is 22.2. The van der Waals surface area contributed by atoms with Crippen LogP contribution in [0.1, 0.15) is 80.0 Å². The fraction of sp³-hybridized carbons (Fsp3) is 0.278. The summed E-state index contributed by atoms with van der Waals surface area (Å²) in [7, 11) is 1.69. The number of hydrogen-bond donors (Lipinski definition) is 0. The summed E-state index contributed by atoms with van der Waals surface area (Å²) in [6.07, 6.45) is 11.0. The van der Waals surface area contributed by atoms with E-state index in [1.807, 2.05) is 22.7 Å². The first kappa shape index (κ1) is 29.2. The Balaban J connectivity index is 1.04. The Bertz CT molecular complexity index is 3950. The van der Waals surface area contributed by atoms with Gasteiger partial charge in [-0.2, -0.15) is 0 Å². The second kappa shape index (κ2) is 8.59. The van der Waals surface area contributed by atoms with E-state index in [4.69, 9.17) is 9.47 Å². The number of fused-ring (bicyclic) bond motifs is 1. The average Bonchev–Trinajstić information content (AvgIpc) is 4.08. The minimum Gasteiger partial charge on any atom is -0.460 e. The molecule has 19 rings (SSSR count). The van der Waals surface area contributed by atoms with Gasteiger partial charge in [0.05, 0.1) is 6.61 Å². The van der Waals surface area contributed by atoms with Crippen molar-refractivity contribution in [3.8, 4) is 9.75 Å². The highest BCUT2D eigenvalue weighted by atomic mass is 32.1. The van der Waals surface area contributed by atoms with Gasteiger partial charge in [-0.25, -0.2) is 4.79 Å². The van der Waals surface area contributed by atoms with Crippen LogP contribution in [0.4, 0.5) is 0 Å². The van der Waals surface area contributed by atoms with Gasteiger partial charge in [-0.05, 0) is 210 Å². The van der Waals surface area contributed by atoms with Gasteiger partial charge in [0.2, 0.25) is 0 Å². The molecule has 1 spiro atoms. The van der Waals surface area contributed by atoms with Gasteiger partial charge in [-0.3, -0.25) is 0 Å². The lowest BCUT2D eigenvalue weighted by Gasteiger charge is -2.46. The summed E-state index contributed by atoms with van der Waals surface area (Å²) in [5.74, 6) is 1.96.